The molecule has 2 atom stereocenters. The Morgan fingerprint density at radius 2 is 2.31 bits per heavy atom. The summed E-state index contributed by atoms with van der Waals surface area (Å²) >= 11 is 0. The molecule has 1 aliphatic heterocycles. The molecule has 4 nitrogen and oxygen atoms in total. The molecule has 1 N–H and O–H groups in total. The van der Waals surface area contributed by atoms with E-state index in [0.717, 1.165) is 0 Å². The number of nitrogens with zero attached hydrogens (tertiary/aromatic N) is 1. The van der Waals surface area contributed by atoms with E-state index in [9.17, 15) is 9.18 Å². The van der Waals surface area contributed by atoms with E-state index in [-0.39, 0.29) is 0 Å². The van der Waals surface area contributed by atoms with Crippen LogP contribution in [0.4, 0.5) is 4.39 Å². The van der Waals surface area contributed by atoms with Crippen molar-refractivity contribution in [3.05, 3.63) is 35.6 Å². The lowest BCUT2D eigenvalue weighted by Gasteiger charge is -2.14. The van der Waals surface area contributed by atoms with E-state index >= 15 is 0 Å². The van der Waals surface area contributed by atoms with Crippen LogP contribution < -0.4 is 0 Å². The van der Waals surface area contributed by atoms with Crippen molar-refractivity contribution >= 4 is 11.9 Å². The third-order valence-corrected chi connectivity index (χ3v) is 2.34. The normalized spacial score (nSPS) is 23.8. The predicted octanol–water partition coefficient (Wildman–Crippen LogP) is 1.77. The maximum atomic E-state index is 13.0. The van der Waals surface area contributed by atoms with E-state index < -0.39 is 23.9 Å². The molecule has 0 amide bonds. The Morgan fingerprint density at radius 3 is 2.94 bits per heavy atom. The number of hydrogen-bond donors (Lipinski definition) is 1. The molecule has 0 saturated carbocycles. The molecular formula is C11H10FNO3. The smallest absolute Gasteiger partial charge is 0.332 e. The summed E-state index contributed by atoms with van der Waals surface area (Å²) in [5.41, 5.74) is 0.480. The highest BCUT2D eigenvalue weighted by atomic mass is 19.1. The van der Waals surface area contributed by atoms with Gasteiger partial charge in [0.2, 0.25) is 0 Å². The van der Waals surface area contributed by atoms with Crippen molar-refractivity contribution in [2.45, 2.75) is 19.1 Å². The predicted molar refractivity (Wildman–Crippen MR) is 54.8 cm³/mol. The first-order chi connectivity index (χ1) is 7.58. The van der Waals surface area contributed by atoms with Gasteiger partial charge < -0.3 is 9.84 Å². The van der Waals surface area contributed by atoms with Crippen molar-refractivity contribution in [3.8, 4) is 0 Å². The molecule has 0 fully saturated rings. The lowest BCUT2D eigenvalue weighted by atomic mass is 10.0. The number of halogens is 1. The molecule has 0 saturated heterocycles. The fourth-order valence-electron chi connectivity index (χ4n) is 1.66. The second-order valence-electron chi connectivity index (χ2n) is 3.52. The van der Waals surface area contributed by atoms with Crippen molar-refractivity contribution in [2.75, 3.05) is 0 Å². The fourth-order valence-corrected chi connectivity index (χ4v) is 1.66. The zero-order chi connectivity index (χ0) is 11.7. The molecular weight excluding hydrogens is 213 g/mol. The SMILES string of the molecule is CC1=NC(C(=O)O)C(c2cccc(F)c2)O1. The number of benzene rings is 1. The highest BCUT2D eigenvalue weighted by Crippen LogP contribution is 2.29. The van der Waals surface area contributed by atoms with Crippen LogP contribution in [0.15, 0.2) is 29.3 Å². The summed E-state index contributed by atoms with van der Waals surface area (Å²) in [6.07, 6.45) is -0.742. The monoisotopic (exact) mass is 223 g/mol. The molecule has 2 unspecified atom stereocenters. The van der Waals surface area contributed by atoms with Crippen LogP contribution >= 0.6 is 0 Å². The van der Waals surface area contributed by atoms with Crippen LogP contribution in [-0.2, 0) is 9.53 Å². The summed E-state index contributed by atoms with van der Waals surface area (Å²) in [5.74, 6) is -1.19. The standard InChI is InChI=1S/C11H10FNO3/c1-6-13-9(11(14)15)10(16-6)7-3-2-4-8(12)5-7/h2-5,9-10H,1H3,(H,14,15). The van der Waals surface area contributed by atoms with Crippen LogP contribution in [0, 0.1) is 5.82 Å². The Labute approximate surface area is 91.4 Å². The summed E-state index contributed by atoms with van der Waals surface area (Å²) in [4.78, 5) is 14.8. The molecule has 0 bridgehead atoms. The first-order valence-corrected chi connectivity index (χ1v) is 4.77. The minimum atomic E-state index is -1.08. The van der Waals surface area contributed by atoms with E-state index in [1.807, 2.05) is 0 Å². The third-order valence-electron chi connectivity index (χ3n) is 2.34. The summed E-state index contributed by atoms with van der Waals surface area (Å²) in [5, 5.41) is 8.95. The van der Waals surface area contributed by atoms with Crippen molar-refractivity contribution in [1.82, 2.24) is 0 Å². The summed E-state index contributed by atoms with van der Waals surface area (Å²) in [6.45, 7) is 1.58. The number of ether oxygens (including phenoxy) is 1. The second-order valence-corrected chi connectivity index (χ2v) is 3.52. The van der Waals surface area contributed by atoms with Gasteiger partial charge in [-0.15, -0.1) is 0 Å². The zero-order valence-corrected chi connectivity index (χ0v) is 8.55. The second kappa shape index (κ2) is 3.92. The van der Waals surface area contributed by atoms with Gasteiger partial charge in [0.15, 0.2) is 18.0 Å². The van der Waals surface area contributed by atoms with Crippen LogP contribution in [-0.4, -0.2) is 23.0 Å². The number of rotatable bonds is 2. The van der Waals surface area contributed by atoms with Crippen molar-refractivity contribution in [2.24, 2.45) is 4.99 Å². The van der Waals surface area contributed by atoms with Crippen LogP contribution in [0.3, 0.4) is 0 Å². The molecule has 0 aromatic heterocycles. The molecule has 16 heavy (non-hydrogen) atoms. The molecule has 0 radical (unpaired) electrons. The van der Waals surface area contributed by atoms with Gasteiger partial charge in [-0.3, -0.25) is 0 Å². The number of carboxylic acids is 1. The zero-order valence-electron chi connectivity index (χ0n) is 8.55. The maximum absolute atomic E-state index is 13.0. The van der Waals surface area contributed by atoms with E-state index in [0.29, 0.717) is 11.5 Å². The van der Waals surface area contributed by atoms with Gasteiger partial charge in [0.1, 0.15) is 5.82 Å². The number of hydrogen-bond acceptors (Lipinski definition) is 3. The number of carbonyl (C=O) groups is 1. The number of aliphatic carboxylic acids is 1. The first kappa shape index (κ1) is 10.6. The molecule has 0 spiro atoms. The Morgan fingerprint density at radius 1 is 1.56 bits per heavy atom. The first-order valence-electron chi connectivity index (χ1n) is 4.77. The Hall–Kier alpha value is -1.91. The highest BCUT2D eigenvalue weighted by molar-refractivity contribution is 5.84. The third kappa shape index (κ3) is 1.88. The molecule has 1 aliphatic rings. The minimum absolute atomic E-state index is 0.307. The maximum Gasteiger partial charge on any atom is 0.332 e. The molecule has 1 aromatic rings. The molecule has 84 valence electrons. The van der Waals surface area contributed by atoms with Gasteiger partial charge in [-0.2, -0.15) is 0 Å². The van der Waals surface area contributed by atoms with E-state index in [1.165, 1.54) is 18.2 Å². The topological polar surface area (TPSA) is 58.9 Å². The van der Waals surface area contributed by atoms with E-state index in [4.69, 9.17) is 9.84 Å². The average molecular weight is 223 g/mol. The summed E-state index contributed by atoms with van der Waals surface area (Å²) in [7, 11) is 0. The van der Waals surface area contributed by atoms with Gasteiger partial charge in [-0.1, -0.05) is 12.1 Å². The van der Waals surface area contributed by atoms with Crippen molar-refractivity contribution in [1.29, 1.82) is 0 Å². The highest BCUT2D eigenvalue weighted by Gasteiger charge is 2.36. The molecule has 0 aliphatic carbocycles. The van der Waals surface area contributed by atoms with E-state index in [1.54, 1.807) is 13.0 Å². The average Bonchev–Trinajstić information content (AvgIpc) is 2.60. The number of aliphatic imine (C=N–C) groups is 1. The summed E-state index contributed by atoms with van der Waals surface area (Å²) < 4.78 is 18.3. The van der Waals surface area contributed by atoms with Gasteiger partial charge >= 0.3 is 5.97 Å². The van der Waals surface area contributed by atoms with Gasteiger partial charge in [-0.05, 0) is 17.7 Å². The van der Waals surface area contributed by atoms with Gasteiger partial charge in [0.05, 0.1) is 0 Å². The Balaban J connectivity index is 2.32. The quantitative estimate of drug-likeness (QED) is 0.831. The van der Waals surface area contributed by atoms with Crippen LogP contribution in [0.2, 0.25) is 0 Å². The lowest BCUT2D eigenvalue weighted by Crippen LogP contribution is -2.23. The van der Waals surface area contributed by atoms with Crippen molar-refractivity contribution < 1.29 is 19.0 Å². The molecule has 1 aromatic carbocycles. The van der Waals surface area contributed by atoms with Gasteiger partial charge in [0, 0.05) is 6.92 Å². The fraction of sp³-hybridized carbons (Fsp3) is 0.273. The van der Waals surface area contributed by atoms with Gasteiger partial charge in [-0.25, -0.2) is 14.2 Å². The molecule has 1 heterocycles. The van der Waals surface area contributed by atoms with E-state index in [2.05, 4.69) is 4.99 Å². The number of carboxylic acid groups (broad SMARTS) is 1. The molecule has 2 rings (SSSR count). The van der Waals surface area contributed by atoms with Crippen molar-refractivity contribution in [3.63, 3.8) is 0 Å². The van der Waals surface area contributed by atoms with Crippen LogP contribution in [0.5, 0.6) is 0 Å². The Bertz CT molecular complexity index is 458. The minimum Gasteiger partial charge on any atom is -0.480 e. The summed E-state index contributed by atoms with van der Waals surface area (Å²) in [6, 6.07) is 4.69. The van der Waals surface area contributed by atoms with Gasteiger partial charge in [0.25, 0.3) is 0 Å². The lowest BCUT2D eigenvalue weighted by molar-refractivity contribution is -0.140. The van der Waals surface area contributed by atoms with Crippen LogP contribution in [0.1, 0.15) is 18.6 Å². The van der Waals surface area contributed by atoms with Crippen LogP contribution in [0.25, 0.3) is 0 Å². The molecule has 5 heteroatoms. The largest absolute Gasteiger partial charge is 0.480 e. The Kier molecular flexibility index (Phi) is 2.60.